The highest BCUT2D eigenvalue weighted by Crippen LogP contribution is 2.38. The molecule has 1 aliphatic heterocycles. The van der Waals surface area contributed by atoms with Gasteiger partial charge >= 0.3 is 0 Å². The second-order valence-corrected chi connectivity index (χ2v) is 8.61. The van der Waals surface area contributed by atoms with E-state index in [0.29, 0.717) is 5.25 Å². The average Bonchev–Trinajstić information content (AvgIpc) is 3.00. The highest BCUT2D eigenvalue weighted by Gasteiger charge is 2.22. The zero-order valence-corrected chi connectivity index (χ0v) is 16.1. The number of aliphatic hydroxyl groups excluding tert-OH is 1. The molecule has 0 saturated carbocycles. The van der Waals surface area contributed by atoms with Crippen molar-refractivity contribution in [3.8, 4) is 0 Å². The molecule has 134 valence electrons. The van der Waals surface area contributed by atoms with Gasteiger partial charge < -0.3 is 10.4 Å². The lowest BCUT2D eigenvalue weighted by atomic mass is 9.99. The Balaban J connectivity index is 1.42. The number of rotatable bonds is 8. The Morgan fingerprint density at radius 2 is 1.96 bits per heavy atom. The van der Waals surface area contributed by atoms with Gasteiger partial charge in [0, 0.05) is 16.2 Å². The van der Waals surface area contributed by atoms with Crippen LogP contribution in [0.25, 0.3) is 0 Å². The van der Waals surface area contributed by atoms with E-state index in [2.05, 4.69) is 67.7 Å². The third kappa shape index (κ3) is 5.10. The zero-order valence-electron chi connectivity index (χ0n) is 15.2. The SMILES string of the molecule is CC1Cc2cc(C(O)C(C)NCCCCc3ccccc3)ccc2S1. The lowest BCUT2D eigenvalue weighted by Crippen LogP contribution is -2.33. The average molecular weight is 356 g/mol. The number of hydrogen-bond acceptors (Lipinski definition) is 3. The van der Waals surface area contributed by atoms with Gasteiger partial charge in [-0.25, -0.2) is 0 Å². The molecular formula is C22H29NOS. The molecule has 0 aromatic heterocycles. The summed E-state index contributed by atoms with van der Waals surface area (Å²) >= 11 is 1.94. The van der Waals surface area contributed by atoms with Gasteiger partial charge in [0.25, 0.3) is 0 Å². The molecule has 2 aromatic rings. The molecule has 3 unspecified atom stereocenters. The Bertz CT molecular complexity index is 673. The maximum Gasteiger partial charge on any atom is 0.0940 e. The lowest BCUT2D eigenvalue weighted by molar-refractivity contribution is 0.136. The molecule has 1 aliphatic rings. The summed E-state index contributed by atoms with van der Waals surface area (Å²) in [6.45, 7) is 5.29. The van der Waals surface area contributed by atoms with Crippen LogP contribution in [0.4, 0.5) is 0 Å². The van der Waals surface area contributed by atoms with Crippen LogP contribution in [0.15, 0.2) is 53.4 Å². The van der Waals surface area contributed by atoms with Crippen molar-refractivity contribution < 1.29 is 5.11 Å². The summed E-state index contributed by atoms with van der Waals surface area (Å²) in [5, 5.41) is 14.8. The normalized spacial score (nSPS) is 18.8. The Morgan fingerprint density at radius 1 is 1.16 bits per heavy atom. The van der Waals surface area contributed by atoms with Crippen molar-refractivity contribution in [1.82, 2.24) is 5.32 Å². The Morgan fingerprint density at radius 3 is 2.76 bits per heavy atom. The van der Waals surface area contributed by atoms with Crippen molar-refractivity contribution in [2.75, 3.05) is 6.54 Å². The number of fused-ring (bicyclic) bond motifs is 1. The molecule has 2 N–H and O–H groups in total. The van der Waals surface area contributed by atoms with Gasteiger partial charge in [-0.1, -0.05) is 49.4 Å². The standard InChI is InChI=1S/C22H29NOS/c1-16-14-20-15-19(11-12-21(20)25-16)22(24)17(2)23-13-7-6-10-18-8-4-3-5-9-18/h3-5,8-9,11-12,15-17,22-24H,6-7,10,13-14H2,1-2H3. The fourth-order valence-electron chi connectivity index (χ4n) is 3.45. The highest BCUT2D eigenvalue weighted by molar-refractivity contribution is 8.00. The number of benzene rings is 2. The molecule has 0 aliphatic carbocycles. The van der Waals surface area contributed by atoms with Crippen molar-refractivity contribution in [2.45, 2.75) is 61.8 Å². The van der Waals surface area contributed by atoms with Crippen LogP contribution >= 0.6 is 11.8 Å². The molecule has 0 fully saturated rings. The van der Waals surface area contributed by atoms with Crippen LogP contribution in [0.2, 0.25) is 0 Å². The zero-order chi connectivity index (χ0) is 17.6. The quantitative estimate of drug-likeness (QED) is 0.670. The smallest absolute Gasteiger partial charge is 0.0940 e. The van der Waals surface area contributed by atoms with E-state index in [1.54, 1.807) is 0 Å². The van der Waals surface area contributed by atoms with Gasteiger partial charge in [0.2, 0.25) is 0 Å². The van der Waals surface area contributed by atoms with Gasteiger partial charge in [-0.15, -0.1) is 11.8 Å². The fraction of sp³-hybridized carbons (Fsp3) is 0.455. The van der Waals surface area contributed by atoms with Crippen LogP contribution in [0, 0.1) is 0 Å². The molecule has 25 heavy (non-hydrogen) atoms. The predicted octanol–water partition coefficient (Wildman–Crippen LogP) is 4.76. The van der Waals surface area contributed by atoms with Crippen LogP contribution in [0.5, 0.6) is 0 Å². The molecule has 0 bridgehead atoms. The highest BCUT2D eigenvalue weighted by atomic mass is 32.2. The number of nitrogens with one attached hydrogen (secondary N) is 1. The molecule has 3 heteroatoms. The monoisotopic (exact) mass is 355 g/mol. The maximum absolute atomic E-state index is 10.7. The number of hydrogen-bond donors (Lipinski definition) is 2. The largest absolute Gasteiger partial charge is 0.387 e. The first-order valence-electron chi connectivity index (χ1n) is 9.38. The van der Waals surface area contributed by atoms with Gasteiger partial charge in [0.1, 0.15) is 0 Å². The number of aliphatic hydroxyl groups is 1. The first-order chi connectivity index (χ1) is 12.1. The number of unbranched alkanes of at least 4 members (excludes halogenated alkanes) is 1. The predicted molar refractivity (Wildman–Crippen MR) is 107 cm³/mol. The van der Waals surface area contributed by atoms with Gasteiger partial charge in [0.05, 0.1) is 6.10 Å². The Labute approximate surface area is 156 Å². The molecule has 2 nitrogen and oxygen atoms in total. The minimum Gasteiger partial charge on any atom is -0.387 e. The van der Waals surface area contributed by atoms with Gasteiger partial charge in [-0.2, -0.15) is 0 Å². The second-order valence-electron chi connectivity index (χ2n) is 7.13. The number of thioether (sulfide) groups is 1. The molecule has 3 atom stereocenters. The van der Waals surface area contributed by atoms with E-state index in [1.165, 1.54) is 22.4 Å². The first kappa shape index (κ1) is 18.5. The summed E-state index contributed by atoms with van der Waals surface area (Å²) in [4.78, 5) is 1.38. The summed E-state index contributed by atoms with van der Waals surface area (Å²) in [5.74, 6) is 0. The molecule has 2 aromatic carbocycles. The first-order valence-corrected chi connectivity index (χ1v) is 10.3. The minimum absolute atomic E-state index is 0.0706. The second kappa shape index (κ2) is 8.88. The maximum atomic E-state index is 10.7. The van der Waals surface area contributed by atoms with Crippen molar-refractivity contribution in [1.29, 1.82) is 0 Å². The molecule has 3 rings (SSSR count). The fourth-order valence-corrected chi connectivity index (χ4v) is 4.59. The van der Waals surface area contributed by atoms with E-state index in [9.17, 15) is 5.11 Å². The van der Waals surface area contributed by atoms with Crippen LogP contribution in [-0.2, 0) is 12.8 Å². The van der Waals surface area contributed by atoms with Crippen LogP contribution in [0.3, 0.4) is 0 Å². The van der Waals surface area contributed by atoms with Crippen molar-refractivity contribution in [3.05, 3.63) is 65.2 Å². The molecule has 0 spiro atoms. The van der Waals surface area contributed by atoms with Crippen molar-refractivity contribution in [2.24, 2.45) is 0 Å². The summed E-state index contributed by atoms with van der Waals surface area (Å²) in [6.07, 6.45) is 4.10. The summed E-state index contributed by atoms with van der Waals surface area (Å²) in [6, 6.07) is 17.2. The van der Waals surface area contributed by atoms with Crippen LogP contribution in [-0.4, -0.2) is 22.9 Å². The van der Waals surface area contributed by atoms with Crippen LogP contribution in [0.1, 0.15) is 49.5 Å². The van der Waals surface area contributed by atoms with E-state index in [-0.39, 0.29) is 6.04 Å². The minimum atomic E-state index is -0.444. The third-order valence-corrected chi connectivity index (χ3v) is 6.16. The van der Waals surface area contributed by atoms with E-state index in [1.807, 2.05) is 11.8 Å². The molecular weight excluding hydrogens is 326 g/mol. The summed E-state index contributed by atoms with van der Waals surface area (Å²) < 4.78 is 0. The van der Waals surface area contributed by atoms with E-state index in [4.69, 9.17) is 0 Å². The van der Waals surface area contributed by atoms with E-state index >= 15 is 0 Å². The van der Waals surface area contributed by atoms with Gasteiger partial charge in [-0.05, 0) is 61.9 Å². The van der Waals surface area contributed by atoms with Gasteiger partial charge in [0.15, 0.2) is 0 Å². The Kier molecular flexibility index (Phi) is 6.57. The van der Waals surface area contributed by atoms with Crippen molar-refractivity contribution in [3.63, 3.8) is 0 Å². The van der Waals surface area contributed by atoms with Crippen molar-refractivity contribution >= 4 is 11.8 Å². The van der Waals surface area contributed by atoms with Gasteiger partial charge in [-0.3, -0.25) is 0 Å². The molecule has 0 saturated heterocycles. The summed E-state index contributed by atoms with van der Waals surface area (Å²) in [7, 11) is 0. The van der Waals surface area contributed by atoms with E-state index in [0.717, 1.165) is 31.4 Å². The summed E-state index contributed by atoms with van der Waals surface area (Å²) in [5.41, 5.74) is 3.84. The molecule has 0 radical (unpaired) electrons. The lowest BCUT2D eigenvalue weighted by Gasteiger charge is -2.21. The topological polar surface area (TPSA) is 32.3 Å². The third-order valence-electron chi connectivity index (χ3n) is 4.94. The van der Waals surface area contributed by atoms with E-state index < -0.39 is 6.10 Å². The number of aryl methyl sites for hydroxylation is 1. The Hall–Kier alpha value is -1.29. The molecule has 1 heterocycles. The van der Waals surface area contributed by atoms with Crippen LogP contribution < -0.4 is 5.32 Å². The molecule has 0 amide bonds.